The quantitative estimate of drug-likeness (QED) is 0.160. The molecule has 64 heavy (non-hydrogen) atoms. The summed E-state index contributed by atoms with van der Waals surface area (Å²) < 4.78 is 5.58. The third kappa shape index (κ3) is 5.68. The standard InChI is InChI=1S/C59H61BN2S2/c1-34-28-47-51-48(29-34)62(45-18-15-17-38-37-16-13-14-19-49(37)63-53(38)45)52-39-30-40-43(59(11,12)27-24-56(40,5)6)33-50(39)64-54(52)60(51)44-31-41-42(58(9,10)26-25-57(41,7)8)32-46(44)61(47)36-22-20-35(21-23-36)55(2,3)4/h13-23,28-33H,24-27H2,1-12H3. The molecule has 0 N–H and O–H groups in total. The van der Waals surface area contributed by atoms with Gasteiger partial charge in [-0.2, -0.15) is 0 Å². The third-order valence-corrected chi connectivity index (χ3v) is 18.8. The molecule has 6 aromatic carbocycles. The van der Waals surface area contributed by atoms with Crippen molar-refractivity contribution in [3.8, 4) is 0 Å². The largest absolute Gasteiger partial charge is 0.311 e. The normalized spacial score (nSPS) is 18.8. The molecule has 0 saturated carbocycles. The Hall–Kier alpha value is -4.84. The lowest BCUT2D eigenvalue weighted by molar-refractivity contribution is 0.332. The summed E-state index contributed by atoms with van der Waals surface area (Å²) in [5, 5.41) is 4.08. The van der Waals surface area contributed by atoms with Crippen LogP contribution in [0, 0.1) is 6.92 Å². The lowest BCUT2D eigenvalue weighted by Gasteiger charge is -2.47. The number of fused-ring (bicyclic) bond motifs is 11. The maximum Gasteiger partial charge on any atom is 0.264 e. The van der Waals surface area contributed by atoms with E-state index in [2.05, 4.69) is 207 Å². The van der Waals surface area contributed by atoms with Crippen molar-refractivity contribution < 1.29 is 0 Å². The Kier molecular flexibility index (Phi) is 8.36. The first-order valence-corrected chi connectivity index (χ1v) is 25.4. The van der Waals surface area contributed by atoms with E-state index < -0.39 is 0 Å². The van der Waals surface area contributed by atoms with E-state index in [0.29, 0.717) is 0 Å². The molecule has 0 spiro atoms. The van der Waals surface area contributed by atoms with Crippen molar-refractivity contribution in [1.82, 2.24) is 0 Å². The monoisotopic (exact) mass is 872 g/mol. The second-order valence-corrected chi connectivity index (χ2v) is 25.7. The van der Waals surface area contributed by atoms with E-state index in [4.69, 9.17) is 0 Å². The minimum atomic E-state index is 0.0654. The average Bonchev–Trinajstić information content (AvgIpc) is 3.82. The van der Waals surface area contributed by atoms with Crippen LogP contribution in [-0.4, -0.2) is 6.71 Å². The molecule has 0 unspecified atom stereocenters. The van der Waals surface area contributed by atoms with Crippen LogP contribution in [0.25, 0.3) is 30.3 Å². The molecule has 0 atom stereocenters. The fourth-order valence-corrected chi connectivity index (χ4v) is 14.8. The fourth-order valence-electron chi connectivity index (χ4n) is 12.3. The molecule has 0 bridgehead atoms. The number of anilines is 6. The number of aryl methyl sites for hydroxylation is 1. The fraction of sp³-hybridized carbons (Fsp3) is 0.356. The van der Waals surface area contributed by atoms with Gasteiger partial charge in [0.05, 0.1) is 16.1 Å². The van der Waals surface area contributed by atoms with Crippen molar-refractivity contribution in [2.75, 3.05) is 9.80 Å². The van der Waals surface area contributed by atoms with Crippen LogP contribution in [-0.2, 0) is 27.1 Å². The topological polar surface area (TPSA) is 6.48 Å². The second kappa shape index (κ2) is 13.2. The molecule has 322 valence electrons. The molecule has 0 fully saturated rings. The summed E-state index contributed by atoms with van der Waals surface area (Å²) in [5.41, 5.74) is 19.9. The van der Waals surface area contributed by atoms with Crippen LogP contribution in [0.1, 0.15) is 135 Å². The molecule has 2 aliphatic heterocycles. The number of rotatable bonds is 2. The number of thiophene rings is 2. The minimum Gasteiger partial charge on any atom is -0.311 e. The van der Waals surface area contributed by atoms with E-state index >= 15 is 0 Å². The lowest BCUT2D eigenvalue weighted by Crippen LogP contribution is -2.61. The van der Waals surface area contributed by atoms with E-state index in [1.165, 1.54) is 139 Å². The summed E-state index contributed by atoms with van der Waals surface area (Å²) in [5.74, 6) is 0. The first-order chi connectivity index (χ1) is 30.2. The lowest BCUT2D eigenvalue weighted by atomic mass is 9.35. The van der Waals surface area contributed by atoms with E-state index in [9.17, 15) is 0 Å². The van der Waals surface area contributed by atoms with E-state index in [-0.39, 0.29) is 33.8 Å². The molecular weight excluding hydrogens is 812 g/mol. The zero-order valence-electron chi connectivity index (χ0n) is 39.9. The number of hydrogen-bond acceptors (Lipinski definition) is 4. The molecule has 2 aromatic heterocycles. The summed E-state index contributed by atoms with van der Waals surface area (Å²) in [7, 11) is 0. The van der Waals surface area contributed by atoms with Crippen LogP contribution in [0.15, 0.2) is 103 Å². The summed E-state index contributed by atoms with van der Waals surface area (Å²) in [6.45, 7) is 29.3. The van der Waals surface area contributed by atoms with Gasteiger partial charge in [-0.15, -0.1) is 22.7 Å². The third-order valence-electron chi connectivity index (χ3n) is 16.4. The Morgan fingerprint density at radius 3 is 1.75 bits per heavy atom. The Morgan fingerprint density at radius 2 is 1.09 bits per heavy atom. The molecule has 0 amide bonds. The van der Waals surface area contributed by atoms with Crippen LogP contribution in [0.2, 0.25) is 0 Å². The number of benzene rings is 6. The Labute approximate surface area is 389 Å². The van der Waals surface area contributed by atoms with Gasteiger partial charge in [-0.1, -0.05) is 125 Å². The molecule has 8 aromatic rings. The number of nitrogens with zero attached hydrogens (tertiary/aromatic N) is 2. The summed E-state index contributed by atoms with van der Waals surface area (Å²) in [6, 6.07) is 41.3. The first kappa shape index (κ1) is 40.7. The van der Waals surface area contributed by atoms with Gasteiger partial charge in [0.2, 0.25) is 0 Å². The van der Waals surface area contributed by atoms with Crippen LogP contribution < -0.4 is 25.5 Å². The molecule has 0 saturated heterocycles. The minimum absolute atomic E-state index is 0.0654. The van der Waals surface area contributed by atoms with Gasteiger partial charge in [-0.3, -0.25) is 0 Å². The van der Waals surface area contributed by atoms with E-state index in [1.54, 1.807) is 0 Å². The first-order valence-electron chi connectivity index (χ1n) is 23.8. The molecule has 12 rings (SSSR count). The van der Waals surface area contributed by atoms with Crippen LogP contribution in [0.5, 0.6) is 0 Å². The van der Waals surface area contributed by atoms with Gasteiger partial charge < -0.3 is 9.80 Å². The van der Waals surface area contributed by atoms with Crippen LogP contribution in [0.3, 0.4) is 0 Å². The Balaban J connectivity index is 1.23. The highest BCUT2D eigenvalue weighted by atomic mass is 32.1. The average molecular weight is 873 g/mol. The maximum absolute atomic E-state index is 2.74. The van der Waals surface area contributed by atoms with E-state index in [1.807, 2.05) is 11.3 Å². The van der Waals surface area contributed by atoms with Gasteiger partial charge in [-0.05, 0) is 159 Å². The summed E-state index contributed by atoms with van der Waals surface area (Å²) in [6.07, 6.45) is 4.78. The van der Waals surface area contributed by atoms with Crippen molar-refractivity contribution in [3.05, 3.63) is 137 Å². The van der Waals surface area contributed by atoms with Crippen molar-refractivity contribution in [2.24, 2.45) is 0 Å². The van der Waals surface area contributed by atoms with Crippen molar-refractivity contribution in [2.45, 2.75) is 136 Å². The van der Waals surface area contributed by atoms with Gasteiger partial charge in [0.1, 0.15) is 0 Å². The van der Waals surface area contributed by atoms with Gasteiger partial charge in [0.15, 0.2) is 0 Å². The smallest absolute Gasteiger partial charge is 0.264 e. The van der Waals surface area contributed by atoms with Crippen molar-refractivity contribution in [3.63, 3.8) is 0 Å². The van der Waals surface area contributed by atoms with Gasteiger partial charge in [0, 0.05) is 53.1 Å². The zero-order valence-corrected chi connectivity index (χ0v) is 41.6. The van der Waals surface area contributed by atoms with E-state index in [0.717, 1.165) is 0 Å². The predicted molar refractivity (Wildman–Crippen MR) is 283 cm³/mol. The highest BCUT2D eigenvalue weighted by Crippen LogP contribution is 2.55. The molecule has 2 aliphatic carbocycles. The summed E-state index contributed by atoms with van der Waals surface area (Å²) in [4.78, 5) is 5.39. The maximum atomic E-state index is 2.74. The molecule has 0 radical (unpaired) electrons. The van der Waals surface area contributed by atoms with Gasteiger partial charge in [-0.25, -0.2) is 0 Å². The van der Waals surface area contributed by atoms with Gasteiger partial charge in [0.25, 0.3) is 6.71 Å². The van der Waals surface area contributed by atoms with Crippen LogP contribution >= 0.6 is 22.7 Å². The second-order valence-electron chi connectivity index (χ2n) is 23.6. The molecule has 4 aliphatic rings. The highest BCUT2D eigenvalue weighted by molar-refractivity contribution is 7.34. The Morgan fingerprint density at radius 1 is 0.516 bits per heavy atom. The molecule has 4 heterocycles. The van der Waals surface area contributed by atoms with Crippen molar-refractivity contribution >= 4 is 109 Å². The molecule has 2 nitrogen and oxygen atoms in total. The molecular formula is C59H61BN2S2. The predicted octanol–water partition coefficient (Wildman–Crippen LogP) is 15.7. The Bertz CT molecular complexity index is 3290. The van der Waals surface area contributed by atoms with Crippen LogP contribution in [0.4, 0.5) is 34.1 Å². The summed E-state index contributed by atoms with van der Waals surface area (Å²) >= 11 is 4.02. The highest BCUT2D eigenvalue weighted by Gasteiger charge is 2.49. The SMILES string of the molecule is Cc1cc2c3c(c1)N(c1cccc4c1sc1ccccc14)c1c(sc4cc5c(cc14)C(C)(C)CCC5(C)C)B3c1cc3c(cc1N2c1ccc(C(C)(C)C)cc1)C(C)(C)CCC3(C)C. The van der Waals surface area contributed by atoms with Crippen molar-refractivity contribution in [1.29, 1.82) is 0 Å². The molecule has 5 heteroatoms. The van der Waals surface area contributed by atoms with Gasteiger partial charge >= 0.3 is 0 Å². The number of hydrogen-bond donors (Lipinski definition) is 0. The zero-order chi connectivity index (χ0) is 44.6.